The van der Waals surface area contributed by atoms with Crippen molar-refractivity contribution < 1.29 is 4.79 Å². The van der Waals surface area contributed by atoms with Crippen LogP contribution in [0.25, 0.3) is 0 Å². The minimum atomic E-state index is 0.0948. The average Bonchev–Trinajstić information content (AvgIpc) is 2.48. The van der Waals surface area contributed by atoms with Crippen molar-refractivity contribution in [3.8, 4) is 0 Å². The van der Waals surface area contributed by atoms with Gasteiger partial charge in [-0.1, -0.05) is 88.4 Å². The van der Waals surface area contributed by atoms with Crippen molar-refractivity contribution in [2.45, 2.75) is 34.1 Å². The van der Waals surface area contributed by atoms with E-state index >= 15 is 0 Å². The first kappa shape index (κ1) is 17.2. The summed E-state index contributed by atoms with van der Waals surface area (Å²) in [7, 11) is 0. The van der Waals surface area contributed by atoms with E-state index in [9.17, 15) is 4.79 Å². The number of rotatable bonds is 4. The molecule has 0 radical (unpaired) electrons. The summed E-state index contributed by atoms with van der Waals surface area (Å²) in [6.45, 7) is 8.31. The Morgan fingerprint density at radius 3 is 1.71 bits per heavy atom. The molecule has 0 aliphatic heterocycles. The zero-order valence-electron chi connectivity index (χ0n) is 13.5. The van der Waals surface area contributed by atoms with E-state index in [2.05, 4.69) is 44.2 Å². The second-order valence-corrected chi connectivity index (χ2v) is 5.97. The van der Waals surface area contributed by atoms with E-state index in [1.165, 1.54) is 12.0 Å². The molecule has 0 saturated heterocycles. The highest BCUT2D eigenvalue weighted by atomic mass is 16.1. The SMILES string of the molecule is CC(C)C(=O)c1ccccc1.CC(C)Cc1ccccc1. The summed E-state index contributed by atoms with van der Waals surface area (Å²) < 4.78 is 0. The van der Waals surface area contributed by atoms with E-state index in [0.29, 0.717) is 0 Å². The Labute approximate surface area is 129 Å². The van der Waals surface area contributed by atoms with Gasteiger partial charge in [0.05, 0.1) is 0 Å². The lowest BCUT2D eigenvalue weighted by Crippen LogP contribution is -2.06. The third-order valence-corrected chi connectivity index (χ3v) is 3.07. The molecule has 21 heavy (non-hydrogen) atoms. The van der Waals surface area contributed by atoms with Gasteiger partial charge in [0.2, 0.25) is 0 Å². The molecule has 0 amide bonds. The molecular weight excluding hydrogens is 256 g/mol. The normalized spacial score (nSPS) is 10.2. The molecule has 0 saturated carbocycles. The number of Topliss-reactive ketones (excluding diaryl/α,β-unsaturated/α-hetero) is 1. The van der Waals surface area contributed by atoms with Gasteiger partial charge < -0.3 is 0 Å². The maximum atomic E-state index is 11.3. The molecule has 0 spiro atoms. The van der Waals surface area contributed by atoms with Gasteiger partial charge in [-0.05, 0) is 17.9 Å². The highest BCUT2D eigenvalue weighted by Crippen LogP contribution is 2.07. The molecular formula is C20H26O. The Balaban J connectivity index is 0.000000211. The van der Waals surface area contributed by atoms with E-state index < -0.39 is 0 Å². The zero-order chi connectivity index (χ0) is 15.7. The van der Waals surface area contributed by atoms with Crippen LogP contribution in [0.5, 0.6) is 0 Å². The summed E-state index contributed by atoms with van der Waals surface area (Å²) in [6.07, 6.45) is 1.20. The fraction of sp³-hybridized carbons (Fsp3) is 0.350. The van der Waals surface area contributed by atoms with Crippen LogP contribution in [0.15, 0.2) is 60.7 Å². The van der Waals surface area contributed by atoms with E-state index in [4.69, 9.17) is 0 Å². The molecule has 0 atom stereocenters. The van der Waals surface area contributed by atoms with Crippen molar-refractivity contribution in [2.24, 2.45) is 11.8 Å². The van der Waals surface area contributed by atoms with Gasteiger partial charge in [-0.15, -0.1) is 0 Å². The Bertz CT molecular complexity index is 512. The van der Waals surface area contributed by atoms with Crippen LogP contribution in [0.3, 0.4) is 0 Å². The smallest absolute Gasteiger partial charge is 0.165 e. The molecule has 2 rings (SSSR count). The van der Waals surface area contributed by atoms with Gasteiger partial charge in [-0.25, -0.2) is 0 Å². The standard InChI is InChI=1S/C10H12O.C10H14/c1-8(2)10(11)9-6-4-3-5-7-9;1-9(2)8-10-6-4-3-5-7-10/h3-8H,1-2H3;3-7,9H,8H2,1-2H3. The van der Waals surface area contributed by atoms with Gasteiger partial charge in [-0.3, -0.25) is 4.79 Å². The van der Waals surface area contributed by atoms with Crippen LogP contribution in [0.2, 0.25) is 0 Å². The highest BCUT2D eigenvalue weighted by Gasteiger charge is 2.08. The number of benzene rings is 2. The van der Waals surface area contributed by atoms with Crippen LogP contribution in [-0.4, -0.2) is 5.78 Å². The van der Waals surface area contributed by atoms with Crippen molar-refractivity contribution in [1.29, 1.82) is 0 Å². The van der Waals surface area contributed by atoms with E-state index in [1.54, 1.807) is 0 Å². The molecule has 2 aromatic rings. The molecule has 0 aliphatic carbocycles. The lowest BCUT2D eigenvalue weighted by molar-refractivity contribution is 0.0939. The van der Waals surface area contributed by atoms with Crippen LogP contribution >= 0.6 is 0 Å². The first-order valence-electron chi connectivity index (χ1n) is 7.64. The Kier molecular flexibility index (Phi) is 7.45. The zero-order valence-corrected chi connectivity index (χ0v) is 13.5. The van der Waals surface area contributed by atoms with Gasteiger partial charge in [-0.2, -0.15) is 0 Å². The highest BCUT2D eigenvalue weighted by molar-refractivity contribution is 5.97. The van der Waals surface area contributed by atoms with Gasteiger partial charge in [0.15, 0.2) is 5.78 Å². The maximum Gasteiger partial charge on any atom is 0.165 e. The molecule has 2 aromatic carbocycles. The molecule has 0 aliphatic rings. The summed E-state index contributed by atoms with van der Waals surface area (Å²) in [5.41, 5.74) is 2.25. The number of hydrogen-bond acceptors (Lipinski definition) is 1. The number of ketones is 1. The number of carbonyl (C=O) groups is 1. The van der Waals surface area contributed by atoms with E-state index in [0.717, 1.165) is 11.5 Å². The first-order chi connectivity index (χ1) is 10.0. The predicted molar refractivity (Wildman–Crippen MR) is 90.6 cm³/mol. The first-order valence-corrected chi connectivity index (χ1v) is 7.64. The van der Waals surface area contributed by atoms with Crippen molar-refractivity contribution >= 4 is 5.78 Å². The molecule has 0 heterocycles. The van der Waals surface area contributed by atoms with Crippen LogP contribution in [-0.2, 0) is 6.42 Å². The number of hydrogen-bond donors (Lipinski definition) is 0. The summed E-state index contributed by atoms with van der Waals surface area (Å²) in [5, 5.41) is 0. The van der Waals surface area contributed by atoms with Crippen molar-refractivity contribution in [3.05, 3.63) is 71.8 Å². The summed E-state index contributed by atoms with van der Waals surface area (Å²) in [5.74, 6) is 1.07. The summed E-state index contributed by atoms with van der Waals surface area (Å²) >= 11 is 0. The van der Waals surface area contributed by atoms with Crippen molar-refractivity contribution in [3.63, 3.8) is 0 Å². The Morgan fingerprint density at radius 2 is 1.29 bits per heavy atom. The molecule has 0 bridgehead atoms. The van der Waals surface area contributed by atoms with Crippen LogP contribution in [0.4, 0.5) is 0 Å². The minimum Gasteiger partial charge on any atom is -0.294 e. The third-order valence-electron chi connectivity index (χ3n) is 3.07. The van der Waals surface area contributed by atoms with Crippen LogP contribution in [0.1, 0.15) is 43.6 Å². The summed E-state index contributed by atoms with van der Waals surface area (Å²) in [6, 6.07) is 20.0. The molecule has 0 fully saturated rings. The molecule has 1 nitrogen and oxygen atoms in total. The quantitative estimate of drug-likeness (QED) is 0.685. The molecule has 0 N–H and O–H groups in total. The van der Waals surface area contributed by atoms with E-state index in [-0.39, 0.29) is 11.7 Å². The lowest BCUT2D eigenvalue weighted by atomic mass is 10.0. The van der Waals surface area contributed by atoms with Gasteiger partial charge >= 0.3 is 0 Å². The monoisotopic (exact) mass is 282 g/mol. The second-order valence-electron chi connectivity index (χ2n) is 5.97. The molecule has 0 aromatic heterocycles. The average molecular weight is 282 g/mol. The molecule has 112 valence electrons. The van der Waals surface area contributed by atoms with Gasteiger partial charge in [0, 0.05) is 11.5 Å². The lowest BCUT2D eigenvalue weighted by Gasteiger charge is -2.02. The topological polar surface area (TPSA) is 17.1 Å². The minimum absolute atomic E-state index is 0.0948. The molecule has 1 heteroatoms. The van der Waals surface area contributed by atoms with E-state index in [1.807, 2.05) is 44.2 Å². The Morgan fingerprint density at radius 1 is 0.810 bits per heavy atom. The third kappa shape index (κ3) is 6.89. The largest absolute Gasteiger partial charge is 0.294 e. The van der Waals surface area contributed by atoms with Gasteiger partial charge in [0.25, 0.3) is 0 Å². The fourth-order valence-corrected chi connectivity index (χ4v) is 2.02. The van der Waals surface area contributed by atoms with Crippen LogP contribution < -0.4 is 0 Å². The Hall–Kier alpha value is -1.89. The second kappa shape index (κ2) is 9.12. The predicted octanol–water partition coefficient (Wildman–Crippen LogP) is 5.41. The maximum absolute atomic E-state index is 11.3. The van der Waals surface area contributed by atoms with Crippen molar-refractivity contribution in [2.75, 3.05) is 0 Å². The molecule has 0 unspecified atom stereocenters. The van der Waals surface area contributed by atoms with Crippen LogP contribution in [0, 0.1) is 11.8 Å². The number of carbonyl (C=O) groups excluding carboxylic acids is 1. The van der Waals surface area contributed by atoms with Crippen molar-refractivity contribution in [1.82, 2.24) is 0 Å². The fourth-order valence-electron chi connectivity index (χ4n) is 2.02. The summed E-state index contributed by atoms with van der Waals surface area (Å²) in [4.78, 5) is 11.3. The van der Waals surface area contributed by atoms with Gasteiger partial charge in [0.1, 0.15) is 0 Å².